The SMILES string of the molecule is CN1C2CC1CN(c1ccc(Nc3ncc(C(F)(F)F)c(-c4cc5c(s4)C(=O)N(C4CC4)CCS5(=O)=O)n3)c(C3CC3)c1)C2. The fourth-order valence-corrected chi connectivity index (χ4v) is 9.64. The van der Waals surface area contributed by atoms with Crippen molar-refractivity contribution in [1.29, 1.82) is 0 Å². The van der Waals surface area contributed by atoms with E-state index in [1.54, 1.807) is 0 Å². The number of likely N-dealkylation sites (N-methyl/N-ethyl adjacent to an activating group) is 1. The molecule has 2 unspecified atom stereocenters. The molecule has 2 saturated carbocycles. The third kappa shape index (κ3) is 4.85. The summed E-state index contributed by atoms with van der Waals surface area (Å²) in [7, 11) is -1.70. The Morgan fingerprint density at radius 2 is 1.80 bits per heavy atom. The monoisotopic (exact) mass is 644 g/mol. The van der Waals surface area contributed by atoms with Crippen LogP contribution in [0.4, 0.5) is 30.5 Å². The summed E-state index contributed by atoms with van der Waals surface area (Å²) < 4.78 is 68.8. The molecule has 44 heavy (non-hydrogen) atoms. The zero-order chi connectivity index (χ0) is 30.5. The molecule has 6 aliphatic rings. The zero-order valence-corrected chi connectivity index (χ0v) is 25.6. The van der Waals surface area contributed by atoms with Gasteiger partial charge in [0.05, 0.1) is 21.2 Å². The van der Waals surface area contributed by atoms with Crippen LogP contribution in [0.3, 0.4) is 0 Å². The van der Waals surface area contributed by atoms with Gasteiger partial charge in [-0.2, -0.15) is 13.2 Å². The van der Waals surface area contributed by atoms with Gasteiger partial charge in [-0.15, -0.1) is 11.3 Å². The smallest absolute Gasteiger partial charge is 0.368 e. The molecular weight excluding hydrogens is 613 g/mol. The summed E-state index contributed by atoms with van der Waals surface area (Å²) in [5.41, 5.74) is 1.42. The minimum absolute atomic E-state index is 0.0243. The van der Waals surface area contributed by atoms with E-state index >= 15 is 0 Å². The van der Waals surface area contributed by atoms with Crippen LogP contribution in [0.2, 0.25) is 0 Å². The van der Waals surface area contributed by atoms with Gasteiger partial charge in [-0.1, -0.05) is 0 Å². The molecule has 9 nitrogen and oxygen atoms in total. The van der Waals surface area contributed by atoms with Crippen molar-refractivity contribution < 1.29 is 26.4 Å². The van der Waals surface area contributed by atoms with Gasteiger partial charge in [0, 0.05) is 55.3 Å². The molecule has 5 fully saturated rings. The van der Waals surface area contributed by atoms with Crippen molar-refractivity contribution in [3.8, 4) is 10.6 Å². The number of piperidine rings is 1. The molecule has 2 aliphatic carbocycles. The molecule has 3 aromatic rings. The molecule has 14 heteroatoms. The van der Waals surface area contributed by atoms with Gasteiger partial charge in [0.2, 0.25) is 5.95 Å². The zero-order valence-electron chi connectivity index (χ0n) is 24.0. The highest BCUT2D eigenvalue weighted by Gasteiger charge is 2.43. The predicted molar refractivity (Wildman–Crippen MR) is 160 cm³/mol. The lowest BCUT2D eigenvalue weighted by Gasteiger charge is -2.55. The summed E-state index contributed by atoms with van der Waals surface area (Å²) in [5.74, 6) is -0.392. The first-order chi connectivity index (χ1) is 21.0. The number of thiophene rings is 1. The first-order valence-corrected chi connectivity index (χ1v) is 17.4. The van der Waals surface area contributed by atoms with Crippen molar-refractivity contribution in [1.82, 2.24) is 19.8 Å². The number of halogens is 3. The lowest BCUT2D eigenvalue weighted by atomic mass is 9.88. The number of nitrogens with zero attached hydrogens (tertiary/aromatic N) is 5. The average Bonchev–Trinajstić information content (AvgIpc) is 3.94. The molecule has 2 aromatic heterocycles. The Morgan fingerprint density at radius 3 is 2.45 bits per heavy atom. The number of aromatic nitrogens is 2. The van der Waals surface area contributed by atoms with Gasteiger partial charge >= 0.3 is 6.18 Å². The second kappa shape index (κ2) is 9.88. The number of nitrogens with one attached hydrogen (secondary N) is 1. The van der Waals surface area contributed by atoms with E-state index in [4.69, 9.17) is 0 Å². The number of hydrogen-bond donors (Lipinski definition) is 1. The Morgan fingerprint density at radius 1 is 1.05 bits per heavy atom. The number of benzene rings is 1. The minimum Gasteiger partial charge on any atom is -0.368 e. The lowest BCUT2D eigenvalue weighted by Crippen LogP contribution is -2.67. The van der Waals surface area contributed by atoms with Crippen LogP contribution in [-0.4, -0.2) is 84.7 Å². The van der Waals surface area contributed by atoms with Crippen molar-refractivity contribution >= 4 is 44.4 Å². The molecule has 1 aromatic carbocycles. The molecule has 9 rings (SSSR count). The molecule has 6 heterocycles. The molecule has 232 valence electrons. The Bertz CT molecular complexity index is 1770. The summed E-state index contributed by atoms with van der Waals surface area (Å²) in [4.78, 5) is 27.7. The van der Waals surface area contributed by atoms with Crippen molar-refractivity contribution in [2.75, 3.05) is 42.7 Å². The number of sulfone groups is 1. The van der Waals surface area contributed by atoms with Crippen LogP contribution in [0, 0.1) is 0 Å². The van der Waals surface area contributed by atoms with Gasteiger partial charge in [-0.05, 0) is 74.9 Å². The number of fused-ring (bicyclic) bond motifs is 3. The summed E-state index contributed by atoms with van der Waals surface area (Å²) in [5, 5.41) is 3.16. The van der Waals surface area contributed by atoms with Crippen LogP contribution in [0.25, 0.3) is 10.6 Å². The third-order valence-corrected chi connectivity index (χ3v) is 12.6. The minimum atomic E-state index is -4.79. The first-order valence-electron chi connectivity index (χ1n) is 15.0. The molecular formula is C30H31F3N6O3S2. The van der Waals surface area contributed by atoms with E-state index in [0.717, 1.165) is 73.2 Å². The lowest BCUT2D eigenvalue weighted by molar-refractivity contribution is -0.137. The molecule has 2 atom stereocenters. The fourth-order valence-electron chi connectivity index (χ4n) is 6.72. The van der Waals surface area contributed by atoms with Gasteiger partial charge in [0.25, 0.3) is 5.91 Å². The Balaban J connectivity index is 1.15. The van der Waals surface area contributed by atoms with E-state index in [1.807, 2.05) is 12.1 Å². The largest absolute Gasteiger partial charge is 0.420 e. The summed E-state index contributed by atoms with van der Waals surface area (Å²) >= 11 is 0.749. The fraction of sp³-hybridized carbons (Fsp3) is 0.500. The maximum Gasteiger partial charge on any atom is 0.420 e. The summed E-state index contributed by atoms with van der Waals surface area (Å²) in [6.07, 6.45) is 0.810. The number of alkyl halides is 3. The van der Waals surface area contributed by atoms with Crippen molar-refractivity contribution in [3.63, 3.8) is 0 Å². The Kier molecular flexibility index (Phi) is 6.35. The Labute approximate surface area is 257 Å². The van der Waals surface area contributed by atoms with Crippen LogP contribution in [0.5, 0.6) is 0 Å². The normalized spacial score (nSPS) is 25.0. The molecule has 1 N–H and O–H groups in total. The third-order valence-electron chi connectivity index (χ3n) is 9.63. The van der Waals surface area contributed by atoms with Crippen LogP contribution >= 0.6 is 11.3 Å². The second-order valence-electron chi connectivity index (χ2n) is 12.6. The van der Waals surface area contributed by atoms with E-state index in [-0.39, 0.29) is 38.9 Å². The maximum atomic E-state index is 14.2. The van der Waals surface area contributed by atoms with Crippen molar-refractivity contribution in [2.45, 2.75) is 67.2 Å². The molecule has 0 radical (unpaired) electrons. The molecule has 1 amide bonds. The molecule has 2 bridgehead atoms. The number of anilines is 3. The van der Waals surface area contributed by atoms with Gasteiger partial charge in [0.1, 0.15) is 10.4 Å². The number of amides is 1. The standard InChI is InChI=1S/C30H31F3N6O3S2/c1-37-19-10-20(37)15-38(14-19)18-6-7-23(21(11-18)16-2-3-16)35-29-34-13-22(30(31,32)33)26(36-29)24-12-25-27(43-24)28(40)39(17-4-5-17)8-9-44(25,41)42/h6-7,11-13,16-17,19-20H,2-5,8-10,14-15H2,1H3,(H,34,35,36). The van der Waals surface area contributed by atoms with Crippen LogP contribution < -0.4 is 10.2 Å². The summed E-state index contributed by atoms with van der Waals surface area (Å²) in [6, 6.07) is 8.42. The van der Waals surface area contributed by atoms with E-state index < -0.39 is 33.2 Å². The van der Waals surface area contributed by atoms with E-state index in [0.29, 0.717) is 18.0 Å². The van der Waals surface area contributed by atoms with Crippen LogP contribution in [0.1, 0.15) is 58.8 Å². The maximum absolute atomic E-state index is 14.2. The average molecular weight is 645 g/mol. The highest BCUT2D eigenvalue weighted by molar-refractivity contribution is 7.91. The van der Waals surface area contributed by atoms with Gasteiger partial charge in [-0.25, -0.2) is 18.4 Å². The Hall–Kier alpha value is -3.23. The van der Waals surface area contributed by atoms with Crippen LogP contribution in [0.15, 0.2) is 35.4 Å². The number of carbonyl (C=O) groups is 1. The second-order valence-corrected chi connectivity index (χ2v) is 15.7. The van der Waals surface area contributed by atoms with E-state index in [9.17, 15) is 26.4 Å². The van der Waals surface area contributed by atoms with Crippen LogP contribution in [-0.2, 0) is 16.0 Å². The first kappa shape index (κ1) is 28.3. The topological polar surface area (TPSA) is 98.7 Å². The number of hydrogen-bond acceptors (Lipinski definition) is 9. The molecule has 0 spiro atoms. The highest BCUT2D eigenvalue weighted by Crippen LogP contribution is 2.47. The van der Waals surface area contributed by atoms with Crippen molar-refractivity contribution in [2.24, 2.45) is 0 Å². The number of piperazine rings is 1. The van der Waals surface area contributed by atoms with E-state index in [2.05, 4.69) is 38.2 Å². The number of rotatable bonds is 6. The molecule has 4 aliphatic heterocycles. The van der Waals surface area contributed by atoms with Gasteiger partial charge in [0.15, 0.2) is 9.84 Å². The highest BCUT2D eigenvalue weighted by atomic mass is 32.2. The van der Waals surface area contributed by atoms with Gasteiger partial charge < -0.3 is 15.1 Å². The molecule has 3 saturated heterocycles. The number of carbonyl (C=O) groups excluding carboxylic acids is 1. The quantitative estimate of drug-likeness (QED) is 0.395. The predicted octanol–water partition coefficient (Wildman–Crippen LogP) is 5.13. The van der Waals surface area contributed by atoms with E-state index in [1.165, 1.54) is 17.4 Å². The van der Waals surface area contributed by atoms with Gasteiger partial charge in [-0.3, -0.25) is 9.69 Å². The van der Waals surface area contributed by atoms with Crippen molar-refractivity contribution in [3.05, 3.63) is 46.5 Å². The summed E-state index contributed by atoms with van der Waals surface area (Å²) in [6.45, 7) is 2.02.